The van der Waals surface area contributed by atoms with Crippen LogP contribution in [0.4, 0.5) is 0 Å². The van der Waals surface area contributed by atoms with Crippen LogP contribution in [0, 0.1) is 0 Å². The lowest BCUT2D eigenvalue weighted by molar-refractivity contribution is 0.203. The van der Waals surface area contributed by atoms with Gasteiger partial charge in [-0.15, -0.1) is 21.4 Å². The summed E-state index contributed by atoms with van der Waals surface area (Å²) in [7, 11) is -1.96. The van der Waals surface area contributed by atoms with Crippen molar-refractivity contribution in [3.8, 4) is 22.6 Å². The van der Waals surface area contributed by atoms with Crippen molar-refractivity contribution < 1.29 is 19.7 Å². The molecule has 0 amide bonds. The second-order valence-corrected chi connectivity index (χ2v) is 15.8. The molecule has 0 bridgehead atoms. The molecule has 232 valence electrons. The third kappa shape index (κ3) is 4.22. The SMILES string of the molecule is OCCOc1ccc(S2(c3ccc(OCCO)c4ccccc34)C=Cc3c2ccc2c3-c3c(ccc4ccsc34)C2)c2ccccc12. The Morgan fingerprint density at radius 1 is 0.596 bits per heavy atom. The monoisotopic (exact) mass is 652 g/mol. The summed E-state index contributed by atoms with van der Waals surface area (Å²) in [5, 5.41) is 29.4. The Labute approximate surface area is 278 Å². The molecule has 6 heteroatoms. The summed E-state index contributed by atoms with van der Waals surface area (Å²) in [6.07, 6.45) is 3.34. The van der Waals surface area contributed by atoms with Crippen molar-refractivity contribution in [2.75, 3.05) is 26.4 Å². The minimum Gasteiger partial charge on any atom is -0.491 e. The lowest BCUT2D eigenvalue weighted by Gasteiger charge is -2.39. The molecule has 0 saturated carbocycles. The fourth-order valence-electron chi connectivity index (χ4n) is 7.59. The molecule has 0 unspecified atom stereocenters. The molecule has 2 heterocycles. The quantitative estimate of drug-likeness (QED) is 0.172. The number of fused-ring (bicyclic) bond motifs is 9. The van der Waals surface area contributed by atoms with Gasteiger partial charge in [-0.2, -0.15) is 0 Å². The van der Waals surface area contributed by atoms with Crippen molar-refractivity contribution >= 4 is 59.1 Å². The number of aliphatic hydroxyl groups excluding tert-OH is 2. The zero-order valence-electron chi connectivity index (χ0n) is 25.6. The van der Waals surface area contributed by atoms with Crippen molar-refractivity contribution in [3.05, 3.63) is 131 Å². The number of hydrogen-bond donors (Lipinski definition) is 2. The molecule has 1 aliphatic heterocycles. The van der Waals surface area contributed by atoms with Crippen LogP contribution in [0.25, 0.3) is 48.8 Å². The molecule has 7 aromatic rings. The minimum absolute atomic E-state index is 0.0395. The number of benzene rings is 6. The van der Waals surface area contributed by atoms with E-state index in [1.807, 2.05) is 11.3 Å². The average molecular weight is 653 g/mol. The predicted octanol–water partition coefficient (Wildman–Crippen LogP) is 9.79. The highest BCUT2D eigenvalue weighted by Crippen LogP contribution is 2.76. The molecule has 0 saturated heterocycles. The normalized spacial score (nSPS) is 14.8. The standard InChI is InChI=1S/C41H32O4S2/c42-19-21-44-34-12-15-36(31-7-3-1-5-29(31)34)47(37-16-13-35(45-22-20-43)30-6-2-4-8-32(30)37)24-18-33-38(47)14-11-27-25-28-10-9-26-17-23-46-41(26)40(28)39(27)33/h1-18,23-24,42-43H,19-22,25H2. The smallest absolute Gasteiger partial charge is 0.127 e. The van der Waals surface area contributed by atoms with Gasteiger partial charge in [0.1, 0.15) is 24.7 Å². The summed E-state index contributed by atoms with van der Waals surface area (Å²) in [5.74, 6) is 1.55. The van der Waals surface area contributed by atoms with Crippen LogP contribution in [-0.2, 0) is 6.42 Å². The van der Waals surface area contributed by atoms with Gasteiger partial charge < -0.3 is 19.7 Å². The van der Waals surface area contributed by atoms with E-state index in [0.717, 1.165) is 39.5 Å². The van der Waals surface area contributed by atoms with Crippen LogP contribution >= 0.6 is 21.4 Å². The highest BCUT2D eigenvalue weighted by Gasteiger charge is 2.39. The zero-order chi connectivity index (χ0) is 31.5. The minimum atomic E-state index is -1.96. The molecule has 2 N–H and O–H groups in total. The van der Waals surface area contributed by atoms with Crippen molar-refractivity contribution in [2.45, 2.75) is 21.1 Å². The molecular formula is C41H32O4S2. The van der Waals surface area contributed by atoms with E-state index in [1.165, 1.54) is 52.6 Å². The van der Waals surface area contributed by atoms with Gasteiger partial charge in [0.05, 0.1) is 13.2 Å². The van der Waals surface area contributed by atoms with Crippen molar-refractivity contribution in [3.63, 3.8) is 0 Å². The Bertz CT molecular complexity index is 2300. The summed E-state index contributed by atoms with van der Waals surface area (Å²) >= 11 is 1.83. The van der Waals surface area contributed by atoms with Gasteiger partial charge in [-0.3, -0.25) is 0 Å². The molecule has 4 nitrogen and oxygen atoms in total. The Hall–Kier alpha value is -4.59. The van der Waals surface area contributed by atoms with Gasteiger partial charge in [-0.1, -0.05) is 66.7 Å². The summed E-state index contributed by atoms with van der Waals surface area (Å²) in [5.41, 5.74) is 6.85. The maximum absolute atomic E-state index is 9.55. The fourth-order valence-corrected chi connectivity index (χ4v) is 12.5. The molecule has 0 fully saturated rings. The summed E-state index contributed by atoms with van der Waals surface area (Å²) in [4.78, 5) is 3.84. The molecule has 1 aromatic heterocycles. The number of aliphatic hydroxyl groups is 2. The molecule has 9 rings (SSSR count). The number of ether oxygens (including phenoxy) is 2. The second-order valence-electron chi connectivity index (χ2n) is 11.9. The first-order chi connectivity index (χ1) is 23.2. The second kappa shape index (κ2) is 11.3. The number of thiophene rings is 1. The first-order valence-corrected chi connectivity index (χ1v) is 18.5. The zero-order valence-corrected chi connectivity index (χ0v) is 27.2. The molecular weight excluding hydrogens is 621 g/mol. The molecule has 0 spiro atoms. The fraction of sp³-hybridized carbons (Fsp3) is 0.122. The van der Waals surface area contributed by atoms with Crippen LogP contribution in [0.5, 0.6) is 11.5 Å². The number of hydrogen-bond acceptors (Lipinski definition) is 5. The van der Waals surface area contributed by atoms with Crippen LogP contribution in [0.3, 0.4) is 0 Å². The summed E-state index contributed by atoms with van der Waals surface area (Å²) in [6.45, 7) is 0.407. The Kier molecular flexibility index (Phi) is 6.87. The van der Waals surface area contributed by atoms with Gasteiger partial charge in [0.15, 0.2) is 0 Å². The third-order valence-corrected chi connectivity index (χ3v) is 14.1. The number of rotatable bonds is 8. The molecule has 0 radical (unpaired) electrons. The average Bonchev–Trinajstić information content (AvgIpc) is 3.85. The van der Waals surface area contributed by atoms with E-state index in [9.17, 15) is 10.2 Å². The Morgan fingerprint density at radius 2 is 1.17 bits per heavy atom. The summed E-state index contributed by atoms with van der Waals surface area (Å²) in [6, 6.07) is 37.2. The van der Waals surface area contributed by atoms with Gasteiger partial charge in [-0.05, 0) is 98.1 Å². The van der Waals surface area contributed by atoms with Crippen LogP contribution in [0.1, 0.15) is 16.7 Å². The summed E-state index contributed by atoms with van der Waals surface area (Å²) < 4.78 is 13.5. The van der Waals surface area contributed by atoms with Crippen molar-refractivity contribution in [2.24, 2.45) is 0 Å². The molecule has 6 aromatic carbocycles. The van der Waals surface area contributed by atoms with Gasteiger partial charge in [0.2, 0.25) is 0 Å². The van der Waals surface area contributed by atoms with Crippen LogP contribution in [0.2, 0.25) is 0 Å². The van der Waals surface area contributed by atoms with Crippen molar-refractivity contribution in [1.29, 1.82) is 0 Å². The molecule has 1 aliphatic carbocycles. The maximum Gasteiger partial charge on any atom is 0.127 e. The van der Waals surface area contributed by atoms with E-state index in [2.05, 4.69) is 120 Å². The van der Waals surface area contributed by atoms with Crippen LogP contribution in [-0.4, -0.2) is 36.6 Å². The van der Waals surface area contributed by atoms with E-state index in [-0.39, 0.29) is 26.4 Å². The largest absolute Gasteiger partial charge is 0.491 e. The highest BCUT2D eigenvalue weighted by atomic mass is 32.3. The molecule has 0 atom stereocenters. The first kappa shape index (κ1) is 28.6. The van der Waals surface area contributed by atoms with Crippen LogP contribution < -0.4 is 9.47 Å². The molecule has 47 heavy (non-hydrogen) atoms. The predicted molar refractivity (Wildman–Crippen MR) is 195 cm³/mol. The van der Waals surface area contributed by atoms with Crippen molar-refractivity contribution in [1.82, 2.24) is 0 Å². The van der Waals surface area contributed by atoms with E-state index in [1.54, 1.807) is 0 Å². The van der Waals surface area contributed by atoms with E-state index >= 15 is 0 Å². The Balaban J connectivity index is 1.37. The topological polar surface area (TPSA) is 58.9 Å². The molecule has 2 aliphatic rings. The maximum atomic E-state index is 9.55. The van der Waals surface area contributed by atoms with Gasteiger partial charge >= 0.3 is 0 Å². The highest BCUT2D eigenvalue weighted by molar-refractivity contribution is 8.36. The first-order valence-electron chi connectivity index (χ1n) is 15.9. The van der Waals surface area contributed by atoms with E-state index in [0.29, 0.717) is 0 Å². The van der Waals surface area contributed by atoms with E-state index < -0.39 is 10.0 Å². The van der Waals surface area contributed by atoms with Crippen LogP contribution in [0.15, 0.2) is 129 Å². The lowest BCUT2D eigenvalue weighted by atomic mass is 9.98. The van der Waals surface area contributed by atoms with Gasteiger partial charge in [0.25, 0.3) is 0 Å². The third-order valence-electron chi connectivity index (χ3n) is 9.50. The lowest BCUT2D eigenvalue weighted by Crippen LogP contribution is -2.06. The van der Waals surface area contributed by atoms with Gasteiger partial charge in [0, 0.05) is 35.7 Å². The van der Waals surface area contributed by atoms with E-state index in [4.69, 9.17) is 9.47 Å². The van der Waals surface area contributed by atoms with Gasteiger partial charge in [-0.25, -0.2) is 0 Å². The Morgan fingerprint density at radius 3 is 1.81 bits per heavy atom.